The predicted octanol–water partition coefficient (Wildman–Crippen LogP) is 0.379. The number of nitrogens with one attached hydrogen (secondary N) is 1. The zero-order valence-electron chi connectivity index (χ0n) is 9.04. The number of imide groups is 1. The highest BCUT2D eigenvalue weighted by molar-refractivity contribution is 6.01. The molecule has 0 saturated carbocycles. The number of hydrogen-bond acceptors (Lipinski definition) is 3. The van der Waals surface area contributed by atoms with Crippen LogP contribution in [-0.2, 0) is 9.59 Å². The van der Waals surface area contributed by atoms with E-state index >= 15 is 0 Å². The van der Waals surface area contributed by atoms with Gasteiger partial charge in [0, 0.05) is 0 Å². The maximum absolute atomic E-state index is 11.6. The molecule has 1 aliphatic heterocycles. The van der Waals surface area contributed by atoms with Gasteiger partial charge in [-0.3, -0.25) is 19.8 Å². The summed E-state index contributed by atoms with van der Waals surface area (Å²) in [6.07, 6.45) is 1.93. The van der Waals surface area contributed by atoms with Crippen molar-refractivity contribution in [1.29, 1.82) is 0 Å². The van der Waals surface area contributed by atoms with Crippen LogP contribution in [0.2, 0.25) is 0 Å². The number of amides is 2. The quantitative estimate of drug-likeness (QED) is 0.667. The zero-order valence-corrected chi connectivity index (χ0v) is 9.04. The molecule has 2 amide bonds. The molecule has 0 spiro atoms. The fraction of sp³-hybridized carbons (Fsp3) is 0.800. The van der Waals surface area contributed by atoms with Crippen molar-refractivity contribution in [1.82, 2.24) is 10.2 Å². The van der Waals surface area contributed by atoms with Crippen molar-refractivity contribution in [3.63, 3.8) is 0 Å². The largest absolute Gasteiger partial charge is 0.294 e. The average molecular weight is 198 g/mol. The van der Waals surface area contributed by atoms with Gasteiger partial charge in [-0.05, 0) is 13.0 Å². The second-order valence-electron chi connectivity index (χ2n) is 3.85. The summed E-state index contributed by atoms with van der Waals surface area (Å²) in [5.74, 6) is 0.00487. The Bertz CT molecular complexity index is 236. The van der Waals surface area contributed by atoms with E-state index in [-0.39, 0.29) is 17.9 Å². The van der Waals surface area contributed by atoms with Gasteiger partial charge in [0.05, 0.1) is 12.6 Å². The highest BCUT2D eigenvalue weighted by Crippen LogP contribution is 2.19. The maximum Gasteiger partial charge on any atom is 0.244 e. The van der Waals surface area contributed by atoms with Crippen LogP contribution in [-0.4, -0.2) is 36.3 Å². The van der Waals surface area contributed by atoms with E-state index in [0.717, 1.165) is 12.8 Å². The molecule has 1 N–H and O–H groups in total. The van der Waals surface area contributed by atoms with E-state index < -0.39 is 0 Å². The van der Waals surface area contributed by atoms with E-state index in [2.05, 4.69) is 19.2 Å². The van der Waals surface area contributed by atoms with E-state index in [0.29, 0.717) is 12.5 Å². The number of nitrogens with zero attached hydrogens (tertiary/aromatic N) is 1. The molecule has 0 bridgehead atoms. The lowest BCUT2D eigenvalue weighted by molar-refractivity contribution is -0.141. The molecule has 1 fully saturated rings. The minimum Gasteiger partial charge on any atom is -0.294 e. The van der Waals surface area contributed by atoms with Crippen LogP contribution in [0.5, 0.6) is 0 Å². The Labute approximate surface area is 84.7 Å². The number of hydrogen-bond donors (Lipinski definition) is 1. The summed E-state index contributed by atoms with van der Waals surface area (Å²) >= 11 is 0. The summed E-state index contributed by atoms with van der Waals surface area (Å²) < 4.78 is 0. The molecule has 1 heterocycles. The van der Waals surface area contributed by atoms with Gasteiger partial charge in [0.1, 0.15) is 0 Å². The first kappa shape index (κ1) is 11.2. The highest BCUT2D eigenvalue weighted by atomic mass is 16.2. The Morgan fingerprint density at radius 3 is 2.43 bits per heavy atom. The second-order valence-corrected chi connectivity index (χ2v) is 3.85. The van der Waals surface area contributed by atoms with Crippen molar-refractivity contribution in [2.45, 2.75) is 32.7 Å². The summed E-state index contributed by atoms with van der Waals surface area (Å²) in [6, 6.07) is -0.136. The Balaban J connectivity index is 2.75. The van der Waals surface area contributed by atoms with E-state index in [9.17, 15) is 9.59 Å². The van der Waals surface area contributed by atoms with Crippen molar-refractivity contribution >= 4 is 11.8 Å². The number of carbonyl (C=O) groups is 2. The van der Waals surface area contributed by atoms with Crippen LogP contribution >= 0.6 is 0 Å². The summed E-state index contributed by atoms with van der Waals surface area (Å²) in [4.78, 5) is 24.5. The van der Waals surface area contributed by atoms with E-state index in [4.69, 9.17) is 0 Å². The van der Waals surface area contributed by atoms with Gasteiger partial charge in [-0.2, -0.15) is 0 Å². The lowest BCUT2D eigenvalue weighted by atomic mass is 9.91. The number of carbonyl (C=O) groups excluding carboxylic acids is 2. The molecule has 1 unspecified atom stereocenters. The minimum atomic E-state index is -0.195. The Kier molecular flexibility index (Phi) is 3.63. The summed E-state index contributed by atoms with van der Waals surface area (Å²) in [6.45, 7) is 4.48. The molecule has 0 radical (unpaired) electrons. The average Bonchev–Trinajstić information content (AvgIpc) is 2.10. The molecule has 14 heavy (non-hydrogen) atoms. The van der Waals surface area contributed by atoms with Crippen molar-refractivity contribution in [3.05, 3.63) is 0 Å². The Hall–Kier alpha value is -0.900. The number of likely N-dealkylation sites (N-methyl/N-ethyl adjacent to an activating group) is 1. The number of rotatable bonds is 3. The summed E-state index contributed by atoms with van der Waals surface area (Å²) in [7, 11) is 1.83. The second kappa shape index (κ2) is 4.55. The fourth-order valence-corrected chi connectivity index (χ4v) is 2.09. The maximum atomic E-state index is 11.6. The third kappa shape index (κ3) is 2.12. The van der Waals surface area contributed by atoms with Gasteiger partial charge in [-0.15, -0.1) is 0 Å². The molecule has 1 aliphatic rings. The molecule has 0 aliphatic carbocycles. The van der Waals surface area contributed by atoms with Gasteiger partial charge >= 0.3 is 0 Å². The molecule has 80 valence electrons. The van der Waals surface area contributed by atoms with Crippen molar-refractivity contribution in [2.24, 2.45) is 5.92 Å². The minimum absolute atomic E-state index is 0.136. The molecule has 4 nitrogen and oxygen atoms in total. The highest BCUT2D eigenvalue weighted by Gasteiger charge is 2.35. The molecule has 0 aromatic carbocycles. The lowest BCUT2D eigenvalue weighted by Gasteiger charge is -2.35. The van der Waals surface area contributed by atoms with Crippen molar-refractivity contribution < 1.29 is 9.59 Å². The van der Waals surface area contributed by atoms with Gasteiger partial charge in [0.2, 0.25) is 11.8 Å². The molecule has 1 atom stereocenters. The number of piperazine rings is 1. The van der Waals surface area contributed by atoms with Gasteiger partial charge in [-0.25, -0.2) is 0 Å². The van der Waals surface area contributed by atoms with Gasteiger partial charge in [0.15, 0.2) is 0 Å². The van der Waals surface area contributed by atoms with Crippen LogP contribution in [0.15, 0.2) is 0 Å². The molecule has 0 aromatic heterocycles. The smallest absolute Gasteiger partial charge is 0.244 e. The van der Waals surface area contributed by atoms with Crippen LogP contribution in [0, 0.1) is 5.92 Å². The Morgan fingerprint density at radius 1 is 1.43 bits per heavy atom. The molecule has 1 saturated heterocycles. The molecular formula is C10H18N2O2. The summed E-state index contributed by atoms with van der Waals surface area (Å²) in [5, 5.41) is 2.39. The molecule has 0 aromatic rings. The predicted molar refractivity (Wildman–Crippen MR) is 53.6 cm³/mol. The molecule has 4 heteroatoms. The molecular weight excluding hydrogens is 180 g/mol. The van der Waals surface area contributed by atoms with Gasteiger partial charge < -0.3 is 0 Å². The lowest BCUT2D eigenvalue weighted by Crippen LogP contribution is -2.59. The topological polar surface area (TPSA) is 49.4 Å². The normalized spacial score (nSPS) is 24.1. The standard InChI is InChI=1S/C10H18N2O2/c1-4-7(5-2)9-10(14)11-8(13)6-12(9)3/h7,9H,4-6H2,1-3H3,(H,11,13,14). The first-order chi connectivity index (χ1) is 6.60. The van der Waals surface area contributed by atoms with Crippen LogP contribution in [0.25, 0.3) is 0 Å². The van der Waals surface area contributed by atoms with Gasteiger partial charge in [-0.1, -0.05) is 26.7 Å². The Morgan fingerprint density at radius 2 is 2.00 bits per heavy atom. The van der Waals surface area contributed by atoms with Crippen LogP contribution in [0.3, 0.4) is 0 Å². The summed E-state index contributed by atoms with van der Waals surface area (Å²) in [5.41, 5.74) is 0. The zero-order chi connectivity index (χ0) is 10.7. The first-order valence-corrected chi connectivity index (χ1v) is 5.14. The third-order valence-corrected chi connectivity index (χ3v) is 2.89. The first-order valence-electron chi connectivity index (χ1n) is 5.14. The SMILES string of the molecule is CCC(CC)C1C(=O)NC(=O)CN1C. The van der Waals surface area contributed by atoms with Crippen molar-refractivity contribution in [3.8, 4) is 0 Å². The van der Waals surface area contributed by atoms with Gasteiger partial charge in [0.25, 0.3) is 0 Å². The van der Waals surface area contributed by atoms with Crippen LogP contribution < -0.4 is 5.32 Å². The van der Waals surface area contributed by atoms with Crippen molar-refractivity contribution in [2.75, 3.05) is 13.6 Å². The molecule has 1 rings (SSSR count). The van der Waals surface area contributed by atoms with E-state index in [1.54, 1.807) is 0 Å². The monoisotopic (exact) mass is 198 g/mol. The van der Waals surface area contributed by atoms with Crippen LogP contribution in [0.1, 0.15) is 26.7 Å². The third-order valence-electron chi connectivity index (χ3n) is 2.89. The fourth-order valence-electron chi connectivity index (χ4n) is 2.09. The van der Waals surface area contributed by atoms with E-state index in [1.165, 1.54) is 0 Å². The van der Waals surface area contributed by atoms with E-state index in [1.807, 2.05) is 11.9 Å². The van der Waals surface area contributed by atoms with Crippen LogP contribution in [0.4, 0.5) is 0 Å².